The number of aromatic nitrogens is 2. The number of nitrogens with two attached hydrogens (primary N) is 1. The average Bonchev–Trinajstić information content (AvgIpc) is 2.67. The Labute approximate surface area is 101 Å². The van der Waals surface area contributed by atoms with Gasteiger partial charge in [0.1, 0.15) is 11.6 Å². The van der Waals surface area contributed by atoms with Crippen LogP contribution in [0, 0.1) is 6.92 Å². The molecule has 0 aliphatic carbocycles. The standard InChI is InChI=1S/C13H17N3O/c1-9-8-13(14)16(15-9)10(2)11-6-4-5-7-12(11)17-3/h4-8,10H,14H2,1-3H3. The second-order valence-electron chi connectivity index (χ2n) is 4.07. The second kappa shape index (κ2) is 4.49. The monoisotopic (exact) mass is 231 g/mol. The Morgan fingerprint density at radius 2 is 2.06 bits per heavy atom. The lowest BCUT2D eigenvalue weighted by Gasteiger charge is -2.17. The quantitative estimate of drug-likeness (QED) is 0.882. The highest BCUT2D eigenvalue weighted by atomic mass is 16.5. The SMILES string of the molecule is COc1ccccc1C(C)n1nc(C)cc1N. The smallest absolute Gasteiger partial charge is 0.124 e. The molecule has 0 aliphatic heterocycles. The lowest BCUT2D eigenvalue weighted by molar-refractivity contribution is 0.401. The van der Waals surface area contributed by atoms with Gasteiger partial charge in [0.25, 0.3) is 0 Å². The van der Waals surface area contributed by atoms with Crippen molar-refractivity contribution in [1.29, 1.82) is 0 Å². The topological polar surface area (TPSA) is 53.1 Å². The van der Waals surface area contributed by atoms with Crippen LogP contribution in [0.2, 0.25) is 0 Å². The number of hydrogen-bond donors (Lipinski definition) is 1. The Balaban J connectivity index is 2.43. The van der Waals surface area contributed by atoms with E-state index in [1.807, 2.05) is 41.9 Å². The lowest BCUT2D eigenvalue weighted by atomic mass is 10.1. The van der Waals surface area contributed by atoms with Gasteiger partial charge >= 0.3 is 0 Å². The predicted molar refractivity (Wildman–Crippen MR) is 68.2 cm³/mol. The third kappa shape index (κ3) is 2.11. The summed E-state index contributed by atoms with van der Waals surface area (Å²) >= 11 is 0. The van der Waals surface area contributed by atoms with Crippen molar-refractivity contribution in [2.75, 3.05) is 12.8 Å². The van der Waals surface area contributed by atoms with Crippen LogP contribution in [0.1, 0.15) is 24.2 Å². The lowest BCUT2D eigenvalue weighted by Crippen LogP contribution is -2.12. The summed E-state index contributed by atoms with van der Waals surface area (Å²) in [5, 5.41) is 4.40. The number of anilines is 1. The first-order chi connectivity index (χ1) is 8.13. The van der Waals surface area contributed by atoms with Crippen LogP contribution in [-0.2, 0) is 0 Å². The summed E-state index contributed by atoms with van der Waals surface area (Å²) in [5.74, 6) is 1.52. The normalized spacial score (nSPS) is 12.4. The summed E-state index contributed by atoms with van der Waals surface area (Å²) in [7, 11) is 1.67. The fourth-order valence-electron chi connectivity index (χ4n) is 1.99. The first kappa shape index (κ1) is 11.5. The number of benzene rings is 1. The molecule has 17 heavy (non-hydrogen) atoms. The minimum absolute atomic E-state index is 0.0554. The molecule has 1 aromatic carbocycles. The third-order valence-electron chi connectivity index (χ3n) is 2.84. The molecule has 0 spiro atoms. The summed E-state index contributed by atoms with van der Waals surface area (Å²) in [6, 6.07) is 9.83. The van der Waals surface area contributed by atoms with Crippen LogP contribution in [0.5, 0.6) is 5.75 Å². The van der Waals surface area contributed by atoms with E-state index in [0.29, 0.717) is 5.82 Å². The highest BCUT2D eigenvalue weighted by Gasteiger charge is 2.15. The Kier molecular flexibility index (Phi) is 3.04. The van der Waals surface area contributed by atoms with E-state index >= 15 is 0 Å². The van der Waals surface area contributed by atoms with Crippen molar-refractivity contribution in [1.82, 2.24) is 9.78 Å². The zero-order chi connectivity index (χ0) is 12.4. The van der Waals surface area contributed by atoms with Gasteiger partial charge in [0, 0.05) is 11.6 Å². The zero-order valence-electron chi connectivity index (χ0n) is 10.3. The number of aryl methyl sites for hydroxylation is 1. The van der Waals surface area contributed by atoms with Crippen molar-refractivity contribution >= 4 is 5.82 Å². The highest BCUT2D eigenvalue weighted by Crippen LogP contribution is 2.28. The Hall–Kier alpha value is -1.97. The van der Waals surface area contributed by atoms with E-state index in [2.05, 4.69) is 12.0 Å². The molecular formula is C13H17N3O. The van der Waals surface area contributed by atoms with Gasteiger partial charge < -0.3 is 10.5 Å². The van der Waals surface area contributed by atoms with Gasteiger partial charge in [0.05, 0.1) is 18.8 Å². The van der Waals surface area contributed by atoms with Crippen molar-refractivity contribution in [2.24, 2.45) is 0 Å². The molecule has 0 radical (unpaired) electrons. The van der Waals surface area contributed by atoms with Crippen molar-refractivity contribution < 1.29 is 4.74 Å². The number of para-hydroxylation sites is 1. The van der Waals surface area contributed by atoms with Crippen LogP contribution in [0.15, 0.2) is 30.3 Å². The fourth-order valence-corrected chi connectivity index (χ4v) is 1.99. The molecule has 90 valence electrons. The first-order valence-electron chi connectivity index (χ1n) is 5.58. The predicted octanol–water partition coefficient (Wildman–Crippen LogP) is 2.39. The maximum absolute atomic E-state index is 5.93. The molecule has 2 rings (SSSR count). The maximum Gasteiger partial charge on any atom is 0.124 e. The molecule has 0 fully saturated rings. The van der Waals surface area contributed by atoms with Crippen LogP contribution >= 0.6 is 0 Å². The molecule has 4 nitrogen and oxygen atoms in total. The van der Waals surface area contributed by atoms with Gasteiger partial charge in [-0.15, -0.1) is 0 Å². The van der Waals surface area contributed by atoms with E-state index in [1.54, 1.807) is 7.11 Å². The van der Waals surface area contributed by atoms with E-state index in [9.17, 15) is 0 Å². The molecule has 0 amide bonds. The van der Waals surface area contributed by atoms with Crippen LogP contribution in [0.3, 0.4) is 0 Å². The number of nitrogen functional groups attached to an aromatic ring is 1. The van der Waals surface area contributed by atoms with E-state index < -0.39 is 0 Å². The van der Waals surface area contributed by atoms with Crippen LogP contribution in [-0.4, -0.2) is 16.9 Å². The van der Waals surface area contributed by atoms with Gasteiger partial charge in [-0.05, 0) is 19.9 Å². The number of rotatable bonds is 3. The molecule has 1 heterocycles. The molecule has 1 atom stereocenters. The Morgan fingerprint density at radius 1 is 1.35 bits per heavy atom. The van der Waals surface area contributed by atoms with E-state index in [0.717, 1.165) is 17.0 Å². The fraction of sp³-hybridized carbons (Fsp3) is 0.308. The molecule has 0 saturated heterocycles. The van der Waals surface area contributed by atoms with Crippen molar-refractivity contribution in [3.8, 4) is 5.75 Å². The molecule has 1 unspecified atom stereocenters. The van der Waals surface area contributed by atoms with Gasteiger partial charge in [-0.2, -0.15) is 5.10 Å². The summed E-state index contributed by atoms with van der Waals surface area (Å²) in [6.07, 6.45) is 0. The molecule has 1 aromatic heterocycles. The summed E-state index contributed by atoms with van der Waals surface area (Å²) < 4.78 is 7.17. The zero-order valence-corrected chi connectivity index (χ0v) is 10.3. The van der Waals surface area contributed by atoms with E-state index in [-0.39, 0.29) is 6.04 Å². The van der Waals surface area contributed by atoms with Gasteiger partial charge in [-0.3, -0.25) is 0 Å². The molecular weight excluding hydrogens is 214 g/mol. The highest BCUT2D eigenvalue weighted by molar-refractivity contribution is 5.39. The minimum Gasteiger partial charge on any atom is -0.496 e. The Morgan fingerprint density at radius 3 is 2.65 bits per heavy atom. The third-order valence-corrected chi connectivity index (χ3v) is 2.84. The van der Waals surface area contributed by atoms with Gasteiger partial charge in [0.15, 0.2) is 0 Å². The summed E-state index contributed by atoms with van der Waals surface area (Å²) in [5.41, 5.74) is 7.93. The number of ether oxygens (including phenoxy) is 1. The second-order valence-corrected chi connectivity index (χ2v) is 4.07. The van der Waals surface area contributed by atoms with E-state index in [4.69, 9.17) is 10.5 Å². The summed E-state index contributed by atoms with van der Waals surface area (Å²) in [6.45, 7) is 3.99. The summed E-state index contributed by atoms with van der Waals surface area (Å²) in [4.78, 5) is 0. The van der Waals surface area contributed by atoms with Crippen molar-refractivity contribution in [3.05, 3.63) is 41.6 Å². The molecule has 2 aromatic rings. The molecule has 0 bridgehead atoms. The van der Waals surface area contributed by atoms with Gasteiger partial charge in [-0.25, -0.2) is 4.68 Å². The van der Waals surface area contributed by atoms with Crippen LogP contribution in [0.25, 0.3) is 0 Å². The average molecular weight is 231 g/mol. The molecule has 0 aliphatic rings. The van der Waals surface area contributed by atoms with Crippen molar-refractivity contribution in [3.63, 3.8) is 0 Å². The van der Waals surface area contributed by atoms with Gasteiger partial charge in [0.2, 0.25) is 0 Å². The van der Waals surface area contributed by atoms with Crippen molar-refractivity contribution in [2.45, 2.75) is 19.9 Å². The largest absolute Gasteiger partial charge is 0.496 e. The maximum atomic E-state index is 5.93. The Bertz CT molecular complexity index is 519. The first-order valence-corrected chi connectivity index (χ1v) is 5.58. The van der Waals surface area contributed by atoms with Crippen LogP contribution in [0.4, 0.5) is 5.82 Å². The van der Waals surface area contributed by atoms with E-state index in [1.165, 1.54) is 0 Å². The number of nitrogens with zero attached hydrogens (tertiary/aromatic N) is 2. The van der Waals surface area contributed by atoms with Gasteiger partial charge in [-0.1, -0.05) is 18.2 Å². The minimum atomic E-state index is 0.0554. The molecule has 2 N–H and O–H groups in total. The molecule has 0 saturated carbocycles. The number of methoxy groups -OCH3 is 1. The molecule has 4 heteroatoms. The number of hydrogen-bond acceptors (Lipinski definition) is 3. The van der Waals surface area contributed by atoms with Crippen LogP contribution < -0.4 is 10.5 Å².